The number of benzene rings is 1. The maximum Gasteiger partial charge on any atom is 0.261 e. The lowest BCUT2D eigenvalue weighted by molar-refractivity contribution is 0.0627. The van der Waals surface area contributed by atoms with Crippen LogP contribution >= 0.6 is 26.6 Å². The Morgan fingerprint density at radius 2 is 1.95 bits per heavy atom. The van der Waals surface area contributed by atoms with Crippen LogP contribution in [0, 0.1) is 11.8 Å². The molecule has 0 radical (unpaired) electrons. The average molecular weight is 395 g/mol. The minimum absolute atomic E-state index is 0.0692. The molecule has 1 aliphatic heterocycles. The highest BCUT2D eigenvalue weighted by Gasteiger charge is 2.27. The van der Waals surface area contributed by atoms with Crippen LogP contribution in [0.2, 0.25) is 0 Å². The van der Waals surface area contributed by atoms with Crippen molar-refractivity contribution >= 4 is 41.6 Å². The molecule has 0 N–H and O–H groups in total. The maximum atomic E-state index is 12.6. The summed E-state index contributed by atoms with van der Waals surface area (Å²) in [6.07, 6.45) is 0.960. The Bertz CT molecular complexity index is 662. The number of piperidine rings is 1. The van der Waals surface area contributed by atoms with E-state index >= 15 is 0 Å². The van der Waals surface area contributed by atoms with Gasteiger partial charge in [0.15, 0.2) is 0 Å². The highest BCUT2D eigenvalue weighted by molar-refractivity contribution is 9.10. The number of nitrogens with zero attached hydrogens (tertiary/aromatic N) is 1. The molecule has 0 aliphatic carbocycles. The molecule has 0 saturated carbocycles. The molecule has 7 heteroatoms. The molecule has 4 nitrogen and oxygen atoms in total. The Balaban J connectivity index is 2.30. The lowest BCUT2D eigenvalue weighted by Crippen LogP contribution is -2.42. The number of hydrogen-bond acceptors (Lipinski definition) is 3. The van der Waals surface area contributed by atoms with E-state index in [-0.39, 0.29) is 10.8 Å². The lowest BCUT2D eigenvalue weighted by Gasteiger charge is -2.35. The molecule has 2 unspecified atom stereocenters. The van der Waals surface area contributed by atoms with E-state index in [1.165, 1.54) is 12.1 Å². The van der Waals surface area contributed by atoms with Crippen LogP contribution in [-0.4, -0.2) is 32.3 Å². The van der Waals surface area contributed by atoms with Crippen molar-refractivity contribution in [2.75, 3.05) is 13.1 Å². The van der Waals surface area contributed by atoms with E-state index in [0.717, 1.165) is 6.42 Å². The third kappa shape index (κ3) is 3.99. The minimum Gasteiger partial charge on any atom is -0.338 e. The van der Waals surface area contributed by atoms with Crippen molar-refractivity contribution in [2.45, 2.75) is 25.2 Å². The molecule has 1 amide bonds. The van der Waals surface area contributed by atoms with Gasteiger partial charge in [0.2, 0.25) is 0 Å². The van der Waals surface area contributed by atoms with Crippen molar-refractivity contribution in [1.29, 1.82) is 0 Å². The first-order chi connectivity index (χ1) is 9.68. The maximum absolute atomic E-state index is 12.6. The summed E-state index contributed by atoms with van der Waals surface area (Å²) in [6.45, 7) is 5.69. The molecule has 0 bridgehead atoms. The van der Waals surface area contributed by atoms with Gasteiger partial charge in [-0.05, 0) is 36.5 Å². The molecule has 0 aromatic heterocycles. The summed E-state index contributed by atoms with van der Waals surface area (Å²) in [5.74, 6) is 0.873. The van der Waals surface area contributed by atoms with Crippen LogP contribution in [0.4, 0.5) is 0 Å². The molecule has 21 heavy (non-hydrogen) atoms. The number of carbonyl (C=O) groups is 1. The third-order valence-corrected chi connectivity index (χ3v) is 5.81. The summed E-state index contributed by atoms with van der Waals surface area (Å²) < 4.78 is 23.4. The first-order valence-corrected chi connectivity index (χ1v) is 9.83. The summed E-state index contributed by atoms with van der Waals surface area (Å²) in [6, 6.07) is 4.34. The van der Waals surface area contributed by atoms with Gasteiger partial charge in [-0.2, -0.15) is 0 Å². The Kier molecular flexibility index (Phi) is 5.00. The van der Waals surface area contributed by atoms with E-state index in [9.17, 15) is 13.2 Å². The van der Waals surface area contributed by atoms with Crippen molar-refractivity contribution in [2.24, 2.45) is 11.8 Å². The van der Waals surface area contributed by atoms with Gasteiger partial charge in [-0.25, -0.2) is 8.42 Å². The second-order valence-corrected chi connectivity index (χ2v) is 9.09. The molecule has 116 valence electrons. The van der Waals surface area contributed by atoms with E-state index < -0.39 is 9.05 Å². The molecule has 1 heterocycles. The zero-order chi connectivity index (χ0) is 15.8. The van der Waals surface area contributed by atoms with E-state index in [0.29, 0.717) is 35.0 Å². The molecule has 0 spiro atoms. The lowest BCUT2D eigenvalue weighted by atomic mass is 9.88. The Hall–Kier alpha value is -0.590. The van der Waals surface area contributed by atoms with Crippen molar-refractivity contribution in [3.63, 3.8) is 0 Å². The summed E-state index contributed by atoms with van der Waals surface area (Å²) in [5, 5.41) is 0. The molecular weight excluding hydrogens is 378 g/mol. The fourth-order valence-corrected chi connectivity index (χ4v) is 3.90. The number of likely N-dealkylation sites (tertiary alicyclic amines) is 1. The fourth-order valence-electron chi connectivity index (χ4n) is 2.46. The van der Waals surface area contributed by atoms with Crippen LogP contribution in [0.25, 0.3) is 0 Å². The monoisotopic (exact) mass is 393 g/mol. The predicted octanol–water partition coefficient (Wildman–Crippen LogP) is 3.49. The topological polar surface area (TPSA) is 54.5 Å². The highest BCUT2D eigenvalue weighted by Crippen LogP contribution is 2.26. The first kappa shape index (κ1) is 16.8. The SMILES string of the molecule is CC1CCN(C(=O)c2cc(Br)cc(S(=O)(=O)Cl)c2)CC1C. The zero-order valence-electron chi connectivity index (χ0n) is 11.8. The number of halogens is 2. The number of hydrogen-bond donors (Lipinski definition) is 0. The van der Waals surface area contributed by atoms with Gasteiger partial charge in [0.1, 0.15) is 0 Å². The van der Waals surface area contributed by atoms with Crippen LogP contribution < -0.4 is 0 Å². The first-order valence-electron chi connectivity index (χ1n) is 6.73. The van der Waals surface area contributed by atoms with Gasteiger partial charge in [-0.15, -0.1) is 0 Å². The van der Waals surface area contributed by atoms with Gasteiger partial charge in [0.05, 0.1) is 4.90 Å². The van der Waals surface area contributed by atoms with Crippen LogP contribution in [0.5, 0.6) is 0 Å². The predicted molar refractivity (Wildman–Crippen MR) is 86.0 cm³/mol. The van der Waals surface area contributed by atoms with Crippen LogP contribution in [0.1, 0.15) is 30.6 Å². The summed E-state index contributed by atoms with van der Waals surface area (Å²) in [4.78, 5) is 14.3. The smallest absolute Gasteiger partial charge is 0.261 e. The van der Waals surface area contributed by atoms with Gasteiger partial charge in [-0.3, -0.25) is 4.79 Å². The molecule has 2 atom stereocenters. The second kappa shape index (κ2) is 6.26. The zero-order valence-corrected chi connectivity index (χ0v) is 15.0. The van der Waals surface area contributed by atoms with Crippen molar-refractivity contribution in [1.82, 2.24) is 4.90 Å². The van der Waals surface area contributed by atoms with E-state index in [2.05, 4.69) is 29.8 Å². The van der Waals surface area contributed by atoms with E-state index in [4.69, 9.17) is 10.7 Å². The van der Waals surface area contributed by atoms with Crippen molar-refractivity contribution in [3.8, 4) is 0 Å². The number of rotatable bonds is 2. The quantitative estimate of drug-likeness (QED) is 0.721. The van der Waals surface area contributed by atoms with Gasteiger partial charge in [-0.1, -0.05) is 29.8 Å². The van der Waals surface area contributed by atoms with E-state index in [1.807, 2.05) is 0 Å². The molecule has 1 fully saturated rings. The third-order valence-electron chi connectivity index (χ3n) is 4.02. The van der Waals surface area contributed by atoms with Crippen molar-refractivity contribution in [3.05, 3.63) is 28.2 Å². The summed E-state index contributed by atoms with van der Waals surface area (Å²) in [5.41, 5.74) is 0.338. The van der Waals surface area contributed by atoms with Crippen LogP contribution in [0.15, 0.2) is 27.6 Å². The van der Waals surface area contributed by atoms with E-state index in [1.54, 1.807) is 11.0 Å². The van der Waals surface area contributed by atoms with Gasteiger partial charge < -0.3 is 4.90 Å². The Labute approximate surface area is 138 Å². The second-order valence-electron chi connectivity index (χ2n) is 5.61. The Morgan fingerprint density at radius 1 is 1.29 bits per heavy atom. The molecule has 1 aromatic carbocycles. The molecule has 1 saturated heterocycles. The summed E-state index contributed by atoms with van der Waals surface area (Å²) in [7, 11) is 1.50. The number of amides is 1. The van der Waals surface area contributed by atoms with Gasteiger partial charge in [0.25, 0.3) is 15.0 Å². The molecular formula is C14H17BrClNO3S. The molecule has 2 rings (SSSR count). The van der Waals surface area contributed by atoms with Gasteiger partial charge >= 0.3 is 0 Å². The Morgan fingerprint density at radius 3 is 2.52 bits per heavy atom. The summed E-state index contributed by atoms with van der Waals surface area (Å²) >= 11 is 3.23. The normalized spacial score (nSPS) is 23.1. The highest BCUT2D eigenvalue weighted by atomic mass is 79.9. The molecule has 1 aliphatic rings. The molecule has 1 aromatic rings. The average Bonchev–Trinajstić information content (AvgIpc) is 2.39. The fraction of sp³-hybridized carbons (Fsp3) is 0.500. The standard InChI is InChI=1S/C14H17BrClNO3S/c1-9-3-4-17(8-10(9)2)14(18)11-5-12(15)7-13(6-11)21(16,19)20/h5-7,9-10H,3-4,8H2,1-2H3. The number of carbonyl (C=O) groups excluding carboxylic acids is 1. The van der Waals surface area contributed by atoms with Crippen molar-refractivity contribution < 1.29 is 13.2 Å². The van der Waals surface area contributed by atoms with Crippen LogP contribution in [0.3, 0.4) is 0 Å². The largest absolute Gasteiger partial charge is 0.338 e. The minimum atomic E-state index is -3.86. The van der Waals surface area contributed by atoms with Crippen LogP contribution in [-0.2, 0) is 9.05 Å². The van der Waals surface area contributed by atoms with Gasteiger partial charge in [0, 0.05) is 33.8 Å².